The minimum atomic E-state index is 0. The molecule has 0 amide bonds. The van der Waals surface area contributed by atoms with Gasteiger partial charge in [-0.15, -0.1) is 12.4 Å². The molecule has 0 spiro atoms. The summed E-state index contributed by atoms with van der Waals surface area (Å²) in [4.78, 5) is 0. The normalized spacial score (nSPS) is 8.27. The summed E-state index contributed by atoms with van der Waals surface area (Å²) in [6, 6.07) is 20.3. The zero-order valence-electron chi connectivity index (χ0n) is 8.39. The lowest BCUT2D eigenvalue weighted by atomic mass is 10.3. The van der Waals surface area contributed by atoms with E-state index in [-0.39, 0.29) is 18.6 Å². The van der Waals surface area contributed by atoms with Gasteiger partial charge in [-0.2, -0.15) is 0 Å². The first-order valence-corrected chi connectivity index (χ1v) is 4.32. The standard InChI is InChI=1S/C12H11N.ClH.H3N/c1-3-7-11(8-4-1)13-12-9-5-2-6-10-12;;/h1-10,13H;1H;1H3. The quantitative estimate of drug-likeness (QED) is 0.807. The van der Waals surface area contributed by atoms with Gasteiger partial charge in [0.25, 0.3) is 0 Å². The summed E-state index contributed by atoms with van der Waals surface area (Å²) in [5, 5.41) is 3.30. The van der Waals surface area contributed by atoms with Crippen LogP contribution in [0.1, 0.15) is 0 Å². The SMILES string of the molecule is Cl.N.c1ccc(Nc2ccccc2)cc1. The van der Waals surface area contributed by atoms with Gasteiger partial charge in [0.05, 0.1) is 0 Å². The van der Waals surface area contributed by atoms with Gasteiger partial charge < -0.3 is 11.5 Å². The molecular formula is C12H15ClN2. The number of anilines is 2. The molecule has 0 atom stereocenters. The molecule has 0 saturated heterocycles. The zero-order valence-corrected chi connectivity index (χ0v) is 9.21. The lowest BCUT2D eigenvalue weighted by molar-refractivity contribution is 1.55. The molecule has 2 nitrogen and oxygen atoms in total. The second-order valence-electron chi connectivity index (χ2n) is 2.86. The summed E-state index contributed by atoms with van der Waals surface area (Å²) in [5.41, 5.74) is 2.24. The Balaban J connectivity index is 0.000000980. The molecule has 0 aliphatic carbocycles. The van der Waals surface area contributed by atoms with Gasteiger partial charge in [-0.05, 0) is 24.3 Å². The average molecular weight is 223 g/mol. The molecule has 0 radical (unpaired) electrons. The van der Waals surface area contributed by atoms with E-state index in [1.807, 2.05) is 60.7 Å². The van der Waals surface area contributed by atoms with Crippen molar-refractivity contribution in [1.29, 1.82) is 0 Å². The minimum absolute atomic E-state index is 0. The lowest BCUT2D eigenvalue weighted by Crippen LogP contribution is -1.87. The fourth-order valence-corrected chi connectivity index (χ4v) is 1.21. The zero-order chi connectivity index (χ0) is 8.93. The molecule has 2 rings (SSSR count). The number of halogens is 1. The highest BCUT2D eigenvalue weighted by molar-refractivity contribution is 5.85. The molecule has 0 heterocycles. The van der Waals surface area contributed by atoms with E-state index in [1.165, 1.54) is 0 Å². The summed E-state index contributed by atoms with van der Waals surface area (Å²) < 4.78 is 0. The van der Waals surface area contributed by atoms with Crippen LogP contribution in [0.5, 0.6) is 0 Å². The number of rotatable bonds is 2. The van der Waals surface area contributed by atoms with Gasteiger partial charge in [-0.25, -0.2) is 0 Å². The van der Waals surface area contributed by atoms with Crippen LogP contribution < -0.4 is 11.5 Å². The Morgan fingerprint density at radius 3 is 1.27 bits per heavy atom. The molecule has 15 heavy (non-hydrogen) atoms. The third-order valence-corrected chi connectivity index (χ3v) is 1.84. The molecule has 0 aliphatic heterocycles. The van der Waals surface area contributed by atoms with Crippen LogP contribution in [0.2, 0.25) is 0 Å². The van der Waals surface area contributed by atoms with Crippen LogP contribution in [-0.4, -0.2) is 0 Å². The van der Waals surface area contributed by atoms with Crippen molar-refractivity contribution >= 4 is 23.8 Å². The van der Waals surface area contributed by atoms with Crippen LogP contribution in [0.4, 0.5) is 11.4 Å². The molecule has 0 saturated carbocycles. The Bertz CT molecular complexity index is 324. The first-order valence-electron chi connectivity index (χ1n) is 4.32. The van der Waals surface area contributed by atoms with Crippen molar-refractivity contribution < 1.29 is 0 Å². The highest BCUT2D eigenvalue weighted by Crippen LogP contribution is 2.14. The van der Waals surface area contributed by atoms with Crippen molar-refractivity contribution in [2.75, 3.05) is 5.32 Å². The first-order chi connectivity index (χ1) is 6.45. The maximum Gasteiger partial charge on any atom is 0.0384 e. The molecule has 3 heteroatoms. The summed E-state index contributed by atoms with van der Waals surface area (Å²) in [6.07, 6.45) is 0. The monoisotopic (exact) mass is 222 g/mol. The molecule has 4 N–H and O–H groups in total. The van der Waals surface area contributed by atoms with E-state index in [9.17, 15) is 0 Å². The van der Waals surface area contributed by atoms with E-state index >= 15 is 0 Å². The number of nitrogens with one attached hydrogen (secondary N) is 1. The highest BCUT2D eigenvalue weighted by Gasteiger charge is 1.89. The summed E-state index contributed by atoms with van der Waals surface area (Å²) >= 11 is 0. The smallest absolute Gasteiger partial charge is 0.0384 e. The summed E-state index contributed by atoms with van der Waals surface area (Å²) in [7, 11) is 0. The van der Waals surface area contributed by atoms with E-state index in [0.717, 1.165) is 11.4 Å². The predicted molar refractivity (Wildman–Crippen MR) is 68.4 cm³/mol. The van der Waals surface area contributed by atoms with Crippen molar-refractivity contribution in [3.8, 4) is 0 Å². The number of benzene rings is 2. The number of hydrogen-bond acceptors (Lipinski definition) is 2. The second kappa shape index (κ2) is 6.87. The second-order valence-corrected chi connectivity index (χ2v) is 2.86. The van der Waals surface area contributed by atoms with Crippen molar-refractivity contribution in [3.63, 3.8) is 0 Å². The van der Waals surface area contributed by atoms with Gasteiger partial charge in [0.1, 0.15) is 0 Å². The highest BCUT2D eigenvalue weighted by atomic mass is 35.5. The van der Waals surface area contributed by atoms with Gasteiger partial charge in [-0.3, -0.25) is 0 Å². The fraction of sp³-hybridized carbons (Fsp3) is 0. The van der Waals surface area contributed by atoms with Gasteiger partial charge in [0.2, 0.25) is 0 Å². The van der Waals surface area contributed by atoms with E-state index in [2.05, 4.69) is 5.32 Å². The Kier molecular flexibility index (Phi) is 6.18. The molecule has 0 aliphatic rings. The molecule has 0 aromatic heterocycles. The van der Waals surface area contributed by atoms with Gasteiger partial charge >= 0.3 is 0 Å². The minimum Gasteiger partial charge on any atom is -0.356 e. The van der Waals surface area contributed by atoms with E-state index in [0.29, 0.717) is 0 Å². The van der Waals surface area contributed by atoms with Crippen molar-refractivity contribution in [3.05, 3.63) is 60.7 Å². The molecule has 0 unspecified atom stereocenters. The van der Waals surface area contributed by atoms with Gasteiger partial charge in [0.15, 0.2) is 0 Å². The molecule has 2 aromatic rings. The first kappa shape index (κ1) is 13.5. The van der Waals surface area contributed by atoms with Crippen molar-refractivity contribution in [2.24, 2.45) is 0 Å². The van der Waals surface area contributed by atoms with Gasteiger partial charge in [-0.1, -0.05) is 36.4 Å². The third kappa shape index (κ3) is 4.02. The van der Waals surface area contributed by atoms with E-state index in [4.69, 9.17) is 0 Å². The van der Waals surface area contributed by atoms with Crippen LogP contribution in [0.15, 0.2) is 60.7 Å². The fourth-order valence-electron chi connectivity index (χ4n) is 1.21. The predicted octanol–water partition coefficient (Wildman–Crippen LogP) is 4.01. The van der Waals surface area contributed by atoms with Gasteiger partial charge in [0, 0.05) is 11.4 Å². The topological polar surface area (TPSA) is 47.0 Å². The van der Waals surface area contributed by atoms with Crippen LogP contribution >= 0.6 is 12.4 Å². The molecule has 80 valence electrons. The van der Waals surface area contributed by atoms with E-state index < -0.39 is 0 Å². The maximum atomic E-state index is 3.30. The van der Waals surface area contributed by atoms with E-state index in [1.54, 1.807) is 0 Å². The Labute approximate surface area is 96.3 Å². The maximum absolute atomic E-state index is 3.30. The van der Waals surface area contributed by atoms with Crippen molar-refractivity contribution in [1.82, 2.24) is 6.15 Å². The summed E-state index contributed by atoms with van der Waals surface area (Å²) in [6.45, 7) is 0. The van der Waals surface area contributed by atoms with Crippen LogP contribution in [0.25, 0.3) is 0 Å². The molecule has 0 bridgehead atoms. The number of hydrogen-bond donors (Lipinski definition) is 2. The Morgan fingerprint density at radius 2 is 0.933 bits per heavy atom. The van der Waals surface area contributed by atoms with Crippen LogP contribution in [0.3, 0.4) is 0 Å². The number of para-hydroxylation sites is 2. The Hall–Kier alpha value is -1.51. The van der Waals surface area contributed by atoms with Crippen molar-refractivity contribution in [2.45, 2.75) is 0 Å². The Morgan fingerprint density at radius 1 is 0.600 bits per heavy atom. The summed E-state index contributed by atoms with van der Waals surface area (Å²) in [5.74, 6) is 0. The van der Waals surface area contributed by atoms with Crippen LogP contribution in [-0.2, 0) is 0 Å². The largest absolute Gasteiger partial charge is 0.356 e. The van der Waals surface area contributed by atoms with Crippen LogP contribution in [0, 0.1) is 0 Å². The average Bonchev–Trinajstić information content (AvgIpc) is 2.21. The molecule has 2 aromatic carbocycles. The lowest BCUT2D eigenvalue weighted by Gasteiger charge is -2.04. The third-order valence-electron chi connectivity index (χ3n) is 1.84. The molecular weight excluding hydrogens is 208 g/mol. The molecule has 0 fully saturated rings.